The van der Waals surface area contributed by atoms with Gasteiger partial charge in [-0.2, -0.15) is 0 Å². The zero-order valence-corrected chi connectivity index (χ0v) is 23.3. The Morgan fingerprint density at radius 2 is 1.64 bits per heavy atom. The summed E-state index contributed by atoms with van der Waals surface area (Å²) >= 11 is 0. The van der Waals surface area contributed by atoms with Crippen molar-refractivity contribution in [2.24, 2.45) is 0 Å². The van der Waals surface area contributed by atoms with E-state index in [1.807, 2.05) is 70.2 Å². The molecule has 36 heavy (non-hydrogen) atoms. The number of amides is 2. The van der Waals surface area contributed by atoms with Crippen LogP contribution in [0, 0.1) is 13.8 Å². The number of anilines is 1. The predicted molar refractivity (Wildman–Crippen MR) is 147 cm³/mol. The summed E-state index contributed by atoms with van der Waals surface area (Å²) in [5, 5.41) is 2.97. The average molecular weight is 516 g/mol. The van der Waals surface area contributed by atoms with Crippen LogP contribution in [0.4, 0.5) is 5.69 Å². The van der Waals surface area contributed by atoms with Crippen LogP contribution in [0.2, 0.25) is 0 Å². The fourth-order valence-corrected chi connectivity index (χ4v) is 4.88. The zero-order chi connectivity index (χ0) is 26.9. The Bertz CT molecular complexity index is 1120. The minimum atomic E-state index is -3.51. The van der Waals surface area contributed by atoms with Crippen LogP contribution in [0.15, 0.2) is 48.5 Å². The fraction of sp³-hybridized carbons (Fsp3) is 0.500. The fourth-order valence-electron chi connectivity index (χ4n) is 3.92. The van der Waals surface area contributed by atoms with Crippen molar-refractivity contribution in [3.63, 3.8) is 0 Å². The molecule has 0 saturated carbocycles. The van der Waals surface area contributed by atoms with Crippen molar-refractivity contribution in [3.05, 3.63) is 65.2 Å². The maximum absolute atomic E-state index is 13.3. The Morgan fingerprint density at radius 1 is 0.972 bits per heavy atom. The summed E-state index contributed by atoms with van der Waals surface area (Å²) in [7, 11) is -3.51. The lowest BCUT2D eigenvalue weighted by Gasteiger charge is -2.30. The van der Waals surface area contributed by atoms with Gasteiger partial charge in [0.05, 0.1) is 11.9 Å². The third kappa shape index (κ3) is 8.66. The number of carbonyl (C=O) groups is 2. The highest BCUT2D eigenvalue weighted by Gasteiger charge is 2.27. The molecular formula is C28H41N3O4S. The number of sulfonamides is 1. The molecule has 0 saturated heterocycles. The molecular weight excluding hydrogens is 474 g/mol. The van der Waals surface area contributed by atoms with Crippen molar-refractivity contribution >= 4 is 27.5 Å². The Kier molecular flexibility index (Phi) is 11.0. The molecule has 2 atom stereocenters. The molecule has 8 heteroatoms. The molecule has 0 aliphatic carbocycles. The second kappa shape index (κ2) is 13.4. The van der Waals surface area contributed by atoms with Crippen molar-refractivity contribution in [1.29, 1.82) is 0 Å². The van der Waals surface area contributed by atoms with E-state index >= 15 is 0 Å². The summed E-state index contributed by atoms with van der Waals surface area (Å²) in [5.74, 6) is -0.343. The van der Waals surface area contributed by atoms with Crippen LogP contribution in [0.25, 0.3) is 0 Å². The van der Waals surface area contributed by atoms with Crippen LogP contribution < -0.4 is 9.62 Å². The molecule has 0 fully saturated rings. The Labute approximate surface area is 216 Å². The van der Waals surface area contributed by atoms with Gasteiger partial charge in [-0.05, 0) is 75.8 Å². The van der Waals surface area contributed by atoms with Gasteiger partial charge in [-0.25, -0.2) is 8.42 Å². The predicted octanol–water partition coefficient (Wildman–Crippen LogP) is 4.22. The number of benzene rings is 2. The molecule has 2 rings (SSSR count). The molecule has 0 aromatic heterocycles. The van der Waals surface area contributed by atoms with Gasteiger partial charge in [-0.15, -0.1) is 0 Å². The lowest BCUT2D eigenvalue weighted by atomic mass is 10.1. The molecule has 0 aliphatic heterocycles. The number of nitrogens with zero attached hydrogens (tertiary/aromatic N) is 2. The first kappa shape index (κ1) is 29.4. The number of hydrogen-bond donors (Lipinski definition) is 1. The topological polar surface area (TPSA) is 86.8 Å². The molecule has 198 valence electrons. The highest BCUT2D eigenvalue weighted by atomic mass is 32.2. The van der Waals surface area contributed by atoms with E-state index in [-0.39, 0.29) is 30.8 Å². The molecule has 2 aromatic rings. The van der Waals surface area contributed by atoms with E-state index in [9.17, 15) is 18.0 Å². The molecule has 0 spiro atoms. The molecule has 0 bridgehead atoms. The Hall–Kier alpha value is -2.87. The summed E-state index contributed by atoms with van der Waals surface area (Å²) < 4.78 is 26.4. The van der Waals surface area contributed by atoms with Gasteiger partial charge in [0.2, 0.25) is 21.8 Å². The van der Waals surface area contributed by atoms with E-state index < -0.39 is 16.1 Å². The van der Waals surface area contributed by atoms with Gasteiger partial charge in [0, 0.05) is 25.6 Å². The lowest BCUT2D eigenvalue weighted by molar-refractivity contribution is -0.140. The Balaban J connectivity index is 2.13. The molecule has 0 heterocycles. The van der Waals surface area contributed by atoms with Gasteiger partial charge >= 0.3 is 0 Å². The standard InChI is InChI=1S/C28H41N3O4S/c1-7-23(4)29-28(33)24(5)30(19-17-25-12-9-8-10-13-25)27(32)14-11-18-31(36(6,34)35)26-16-15-21(2)22(3)20-26/h8-10,12-13,15-16,20,23-24H,7,11,14,17-19H2,1-6H3,(H,29,33). The molecule has 0 radical (unpaired) electrons. The van der Waals surface area contributed by atoms with Crippen molar-refractivity contribution < 1.29 is 18.0 Å². The second-order valence-corrected chi connectivity index (χ2v) is 11.4. The number of hydrogen-bond acceptors (Lipinski definition) is 4. The minimum absolute atomic E-state index is 0.0207. The van der Waals surface area contributed by atoms with E-state index in [0.29, 0.717) is 25.1 Å². The van der Waals surface area contributed by atoms with Gasteiger partial charge in [0.25, 0.3) is 0 Å². The first-order valence-electron chi connectivity index (χ1n) is 12.6. The minimum Gasteiger partial charge on any atom is -0.352 e. The van der Waals surface area contributed by atoms with Gasteiger partial charge < -0.3 is 10.2 Å². The lowest BCUT2D eigenvalue weighted by Crippen LogP contribution is -2.50. The van der Waals surface area contributed by atoms with E-state index in [1.54, 1.807) is 17.9 Å². The molecule has 2 aromatic carbocycles. The third-order valence-corrected chi connectivity index (χ3v) is 7.78. The first-order valence-corrected chi connectivity index (χ1v) is 14.5. The summed E-state index contributed by atoms with van der Waals surface area (Å²) in [5.41, 5.74) is 3.77. The first-order chi connectivity index (χ1) is 16.9. The van der Waals surface area contributed by atoms with Crippen LogP contribution in [-0.2, 0) is 26.0 Å². The van der Waals surface area contributed by atoms with E-state index in [4.69, 9.17) is 0 Å². The Morgan fingerprint density at radius 3 is 2.22 bits per heavy atom. The highest BCUT2D eigenvalue weighted by Crippen LogP contribution is 2.22. The van der Waals surface area contributed by atoms with E-state index in [0.717, 1.165) is 23.1 Å². The number of aryl methyl sites for hydroxylation is 2. The van der Waals surface area contributed by atoms with Gasteiger partial charge in [0.15, 0.2) is 0 Å². The maximum atomic E-state index is 13.3. The molecule has 7 nitrogen and oxygen atoms in total. The summed E-state index contributed by atoms with van der Waals surface area (Å²) in [6, 6.07) is 14.8. The second-order valence-electron chi connectivity index (χ2n) is 9.52. The molecule has 2 unspecified atom stereocenters. The normalized spacial score (nSPS) is 13.1. The SMILES string of the molecule is CCC(C)NC(=O)C(C)N(CCc1ccccc1)C(=O)CCCN(c1ccc(C)c(C)c1)S(C)(=O)=O. The van der Waals surface area contributed by atoms with Crippen LogP contribution in [0.5, 0.6) is 0 Å². The smallest absolute Gasteiger partial charge is 0.242 e. The summed E-state index contributed by atoms with van der Waals surface area (Å²) in [6.45, 7) is 10.2. The van der Waals surface area contributed by atoms with Crippen molar-refractivity contribution in [1.82, 2.24) is 10.2 Å². The average Bonchev–Trinajstić information content (AvgIpc) is 2.83. The zero-order valence-electron chi connectivity index (χ0n) is 22.5. The van der Waals surface area contributed by atoms with Crippen molar-refractivity contribution in [3.8, 4) is 0 Å². The largest absolute Gasteiger partial charge is 0.352 e. The van der Waals surface area contributed by atoms with Gasteiger partial charge in [-0.1, -0.05) is 43.3 Å². The van der Waals surface area contributed by atoms with Crippen molar-refractivity contribution in [2.45, 2.75) is 72.4 Å². The number of nitrogens with one attached hydrogen (secondary N) is 1. The number of rotatable bonds is 13. The quantitative estimate of drug-likeness (QED) is 0.433. The maximum Gasteiger partial charge on any atom is 0.242 e. The van der Waals surface area contributed by atoms with Crippen LogP contribution in [0.1, 0.15) is 56.7 Å². The van der Waals surface area contributed by atoms with Crippen LogP contribution in [-0.4, -0.2) is 56.6 Å². The third-order valence-electron chi connectivity index (χ3n) is 6.58. The van der Waals surface area contributed by atoms with Gasteiger partial charge in [-0.3, -0.25) is 13.9 Å². The highest BCUT2D eigenvalue weighted by molar-refractivity contribution is 7.92. The summed E-state index contributed by atoms with van der Waals surface area (Å²) in [6.07, 6.45) is 3.10. The van der Waals surface area contributed by atoms with E-state index in [1.165, 1.54) is 10.6 Å². The van der Waals surface area contributed by atoms with Crippen LogP contribution in [0.3, 0.4) is 0 Å². The molecule has 2 amide bonds. The van der Waals surface area contributed by atoms with E-state index in [2.05, 4.69) is 5.32 Å². The van der Waals surface area contributed by atoms with Crippen LogP contribution >= 0.6 is 0 Å². The number of carbonyl (C=O) groups excluding carboxylic acids is 2. The van der Waals surface area contributed by atoms with Crippen molar-refractivity contribution in [2.75, 3.05) is 23.7 Å². The van der Waals surface area contributed by atoms with Gasteiger partial charge in [0.1, 0.15) is 6.04 Å². The molecule has 0 aliphatic rings. The summed E-state index contributed by atoms with van der Waals surface area (Å²) in [4.78, 5) is 27.8. The monoisotopic (exact) mass is 515 g/mol. The molecule has 1 N–H and O–H groups in total.